The maximum Gasteiger partial charge on any atom is 0.220 e. The first-order chi connectivity index (χ1) is 50.3. The van der Waals surface area contributed by atoms with Crippen molar-refractivity contribution in [2.45, 2.75) is 336 Å². The monoisotopic (exact) mass is 1450 g/mol. The molecule has 0 bridgehead atoms. The van der Waals surface area contributed by atoms with Gasteiger partial charge in [-0.15, -0.1) is 0 Å². The second-order valence-corrected chi connectivity index (χ2v) is 27.1. The number of hydrogen-bond donors (Lipinski definition) is 12. The summed E-state index contributed by atoms with van der Waals surface area (Å²) in [5.41, 5.74) is 0. The van der Waals surface area contributed by atoms with Gasteiger partial charge in [0.05, 0.1) is 38.6 Å². The normalized spacial score (nSPS) is 26.9. The summed E-state index contributed by atoms with van der Waals surface area (Å²) in [4.78, 5) is 13.4. The Morgan fingerprint density at radius 3 is 1.05 bits per heavy atom. The molecule has 0 aromatic rings. The van der Waals surface area contributed by atoms with E-state index < -0.39 is 124 Å². The van der Waals surface area contributed by atoms with Crippen molar-refractivity contribution in [3.63, 3.8) is 0 Å². The summed E-state index contributed by atoms with van der Waals surface area (Å²) in [6, 6.07) is -1.01. The van der Waals surface area contributed by atoms with Gasteiger partial charge in [0.1, 0.15) is 73.2 Å². The highest BCUT2D eigenvalue weighted by atomic mass is 16.8. The van der Waals surface area contributed by atoms with Crippen molar-refractivity contribution in [2.24, 2.45) is 0 Å². The van der Waals surface area contributed by atoms with Crippen LogP contribution in [0.25, 0.3) is 0 Å². The van der Waals surface area contributed by atoms with Gasteiger partial charge in [0.15, 0.2) is 18.9 Å². The van der Waals surface area contributed by atoms with Crippen molar-refractivity contribution in [1.29, 1.82) is 0 Å². The number of carbonyl (C=O) groups is 1. The first kappa shape index (κ1) is 92.6. The Hall–Kier alpha value is -4.59. The molecule has 0 saturated carbocycles. The summed E-state index contributed by atoms with van der Waals surface area (Å²) in [7, 11) is 0. The van der Waals surface area contributed by atoms with Crippen molar-refractivity contribution < 1.29 is 89.4 Å². The van der Waals surface area contributed by atoms with E-state index >= 15 is 0 Å². The average Bonchev–Trinajstić information content (AvgIpc) is 0.781. The summed E-state index contributed by atoms with van der Waals surface area (Å²) >= 11 is 0. The van der Waals surface area contributed by atoms with Crippen molar-refractivity contribution in [1.82, 2.24) is 5.32 Å². The number of allylic oxidation sites excluding steroid dienone is 25. The molecule has 0 radical (unpaired) electrons. The van der Waals surface area contributed by atoms with Crippen LogP contribution in [0.2, 0.25) is 0 Å². The Morgan fingerprint density at radius 2 is 0.670 bits per heavy atom. The highest BCUT2D eigenvalue weighted by Crippen LogP contribution is 2.33. The average molecular weight is 1450 g/mol. The number of aliphatic hydroxyl groups is 11. The highest BCUT2D eigenvalue weighted by Gasteiger charge is 2.53. The molecule has 0 spiro atoms. The zero-order valence-electron chi connectivity index (χ0n) is 62.5. The minimum absolute atomic E-state index is 0.178. The van der Waals surface area contributed by atoms with E-state index in [0.29, 0.717) is 6.42 Å². The maximum absolute atomic E-state index is 13.4. The van der Waals surface area contributed by atoms with Crippen LogP contribution in [0, 0.1) is 0 Å². The van der Waals surface area contributed by atoms with Crippen LogP contribution in [0.4, 0.5) is 0 Å². The number of rotatable bonds is 59. The van der Waals surface area contributed by atoms with Crippen molar-refractivity contribution in [3.05, 3.63) is 158 Å². The molecule has 3 aliphatic rings. The lowest BCUT2D eigenvalue weighted by atomic mass is 9.96. The number of nitrogens with one attached hydrogen (secondary N) is 1. The zero-order valence-corrected chi connectivity index (χ0v) is 62.5. The van der Waals surface area contributed by atoms with Gasteiger partial charge in [0.25, 0.3) is 0 Å². The molecule has 103 heavy (non-hydrogen) atoms. The van der Waals surface area contributed by atoms with E-state index in [4.69, 9.17) is 28.4 Å². The predicted molar refractivity (Wildman–Crippen MR) is 410 cm³/mol. The molecule has 3 fully saturated rings. The lowest BCUT2D eigenvalue weighted by Crippen LogP contribution is -2.66. The van der Waals surface area contributed by atoms with Crippen molar-refractivity contribution >= 4 is 5.91 Å². The zero-order chi connectivity index (χ0) is 74.6. The standard InChI is InChI=1S/C84H137NO18/c1-3-5-7-9-11-13-15-17-19-21-23-24-25-26-27-28-29-30-31-32-33-34-35-36-37-38-39-40-41-42-44-46-48-50-52-54-56-58-60-62-72(90)85-67(68(89)61-59-57-55-53-51-49-47-45-43-22-20-18-16-14-12-10-8-6-4-2)66-98-82-78(96)75(93)80(70(64-87)100-82)103-84-79(97)76(94)81(71(65-88)101-84)102-83-77(95)74(92)73(91)69(63-86)99-83/h5,7,11,13,17,19,23-24,26-27,29-30,32-33,35-36,38-39,41-42,46,48,52,54,59,61,67-71,73-84,86-89,91-97H,3-4,6,8-10,12,14-16,18,20-22,25,28,31,34,37,40,43-45,47,49-51,53,55-58,60,62-66H2,1-2H3,(H,85,90)/b7-5-,13-11-,19-17-,24-23-,27-26-,30-29-,33-32-,36-35-,39-38-,42-41-,48-46-,54-52-,61-59+. The van der Waals surface area contributed by atoms with Gasteiger partial charge in [-0.05, 0) is 109 Å². The highest BCUT2D eigenvalue weighted by molar-refractivity contribution is 5.76. The van der Waals surface area contributed by atoms with Crippen molar-refractivity contribution in [2.75, 3.05) is 26.4 Å². The second kappa shape index (κ2) is 62.4. The van der Waals surface area contributed by atoms with Crippen LogP contribution in [0.15, 0.2) is 158 Å². The van der Waals surface area contributed by atoms with Crippen LogP contribution in [0.5, 0.6) is 0 Å². The van der Waals surface area contributed by atoms with E-state index in [9.17, 15) is 61.0 Å². The van der Waals surface area contributed by atoms with Crippen LogP contribution in [0.3, 0.4) is 0 Å². The summed E-state index contributed by atoms with van der Waals surface area (Å²) in [6.45, 7) is 1.58. The maximum atomic E-state index is 13.4. The van der Waals surface area contributed by atoms with Gasteiger partial charge >= 0.3 is 0 Å². The second-order valence-electron chi connectivity index (χ2n) is 27.1. The number of amides is 1. The van der Waals surface area contributed by atoms with E-state index in [1.54, 1.807) is 6.08 Å². The topological polar surface area (TPSA) is 307 Å². The minimum Gasteiger partial charge on any atom is -0.394 e. The Kier molecular flexibility index (Phi) is 56.2. The van der Waals surface area contributed by atoms with Gasteiger partial charge in [-0.25, -0.2) is 0 Å². The van der Waals surface area contributed by atoms with E-state index in [0.717, 1.165) is 116 Å². The summed E-state index contributed by atoms with van der Waals surface area (Å²) in [5.74, 6) is -0.323. The number of ether oxygens (including phenoxy) is 6. The third kappa shape index (κ3) is 42.5. The Morgan fingerprint density at radius 1 is 0.359 bits per heavy atom. The van der Waals surface area contributed by atoms with Crippen LogP contribution < -0.4 is 5.32 Å². The van der Waals surface area contributed by atoms with Gasteiger partial charge in [0.2, 0.25) is 5.91 Å². The fourth-order valence-electron chi connectivity index (χ4n) is 12.1. The summed E-state index contributed by atoms with van der Waals surface area (Å²) in [6.07, 6.45) is 65.1. The molecule has 0 aromatic heterocycles. The van der Waals surface area contributed by atoms with Crippen LogP contribution >= 0.6 is 0 Å². The summed E-state index contributed by atoms with van der Waals surface area (Å²) in [5, 5.41) is 121. The molecule has 19 heteroatoms. The minimum atomic E-state index is -1.99. The van der Waals surface area contributed by atoms with Gasteiger partial charge in [-0.1, -0.05) is 275 Å². The molecular formula is C84H137NO18. The van der Waals surface area contributed by atoms with Crippen LogP contribution in [-0.2, 0) is 33.2 Å². The van der Waals surface area contributed by atoms with Gasteiger partial charge < -0.3 is 89.9 Å². The molecule has 0 aliphatic carbocycles. The molecule has 17 atom stereocenters. The fourth-order valence-corrected chi connectivity index (χ4v) is 12.1. The largest absolute Gasteiger partial charge is 0.394 e. The van der Waals surface area contributed by atoms with Gasteiger partial charge in [-0.2, -0.15) is 0 Å². The Labute approximate surface area is 618 Å². The molecule has 3 heterocycles. The van der Waals surface area contributed by atoms with Crippen LogP contribution in [0.1, 0.15) is 232 Å². The lowest BCUT2D eigenvalue weighted by Gasteiger charge is -2.48. The number of carbonyl (C=O) groups excluding carboxylic acids is 1. The number of aliphatic hydroxyl groups excluding tert-OH is 11. The molecule has 1 amide bonds. The number of hydrogen-bond acceptors (Lipinski definition) is 18. The molecule has 3 aliphatic heterocycles. The molecule has 3 saturated heterocycles. The molecule has 0 aromatic carbocycles. The third-order valence-corrected chi connectivity index (χ3v) is 18.3. The van der Waals surface area contributed by atoms with E-state index in [1.807, 2.05) is 6.08 Å². The van der Waals surface area contributed by atoms with E-state index in [1.165, 1.54) is 89.9 Å². The molecule has 586 valence electrons. The fraction of sp³-hybridized carbons (Fsp3) is 0.679. The first-order valence-electron chi connectivity index (χ1n) is 39.2. The lowest BCUT2D eigenvalue weighted by molar-refractivity contribution is -0.379. The number of unbranched alkanes of at least 4 members (excludes halogenated alkanes) is 19. The Bertz CT molecular complexity index is 2480. The molecule has 19 nitrogen and oxygen atoms in total. The molecule has 17 unspecified atom stereocenters. The summed E-state index contributed by atoms with van der Waals surface area (Å²) < 4.78 is 34.4. The van der Waals surface area contributed by atoms with E-state index in [2.05, 4.69) is 165 Å². The molecular weight excluding hydrogens is 1310 g/mol. The molecule has 3 rings (SSSR count). The third-order valence-electron chi connectivity index (χ3n) is 18.3. The van der Waals surface area contributed by atoms with Crippen molar-refractivity contribution in [3.8, 4) is 0 Å². The predicted octanol–water partition coefficient (Wildman–Crippen LogP) is 12.8. The SMILES string of the molecule is CC/C=C\C/C=C\C/C=C\C/C=C\C/C=C\C/C=C\C/C=C\C/C=C\C/C=C\C/C=C\C/C=C\C/C=C\CCCCC(=O)NC(COC1OC(CO)C(OC2OC(CO)C(OC3OC(CO)C(O)C(O)C3O)C(O)C2O)C(O)C1O)C(O)/C=C/CCCCCCCCCCCCCCCCCCC. The van der Waals surface area contributed by atoms with E-state index in [-0.39, 0.29) is 18.9 Å². The van der Waals surface area contributed by atoms with Gasteiger partial charge in [0, 0.05) is 6.42 Å². The Balaban J connectivity index is 1.39. The quantitative estimate of drug-likeness (QED) is 0.0199. The van der Waals surface area contributed by atoms with Gasteiger partial charge in [-0.3, -0.25) is 4.79 Å². The smallest absolute Gasteiger partial charge is 0.220 e. The first-order valence-corrected chi connectivity index (χ1v) is 39.2. The van der Waals surface area contributed by atoms with Crippen LogP contribution in [-0.4, -0.2) is 193 Å². The molecule has 12 N–H and O–H groups in total.